The van der Waals surface area contributed by atoms with E-state index in [1.54, 1.807) is 0 Å². The number of nitrogens with one attached hydrogen (secondary N) is 1. The van der Waals surface area contributed by atoms with Gasteiger partial charge in [0.25, 0.3) is 5.56 Å². The van der Waals surface area contributed by atoms with Gasteiger partial charge in [-0.3, -0.25) is 14.3 Å². The van der Waals surface area contributed by atoms with E-state index in [2.05, 4.69) is 0 Å². The van der Waals surface area contributed by atoms with Gasteiger partial charge in [0.1, 0.15) is 17.8 Å². The summed E-state index contributed by atoms with van der Waals surface area (Å²) in [5, 5.41) is 29.3. The van der Waals surface area contributed by atoms with Crippen LogP contribution in [0.4, 0.5) is 0 Å². The molecule has 1 saturated heterocycles. The van der Waals surface area contributed by atoms with Crippen molar-refractivity contribution in [3.8, 4) is 0 Å². The molecule has 19 heavy (non-hydrogen) atoms. The number of aliphatic hydroxyl groups is 3. The zero-order valence-corrected chi connectivity index (χ0v) is 9.76. The van der Waals surface area contributed by atoms with Gasteiger partial charge >= 0.3 is 5.69 Å². The van der Waals surface area contributed by atoms with Gasteiger partial charge < -0.3 is 20.1 Å². The molecule has 1 aromatic rings. The van der Waals surface area contributed by atoms with Gasteiger partial charge in [0.05, 0.1) is 7.98 Å². The van der Waals surface area contributed by atoms with Gasteiger partial charge in [0.15, 0.2) is 6.23 Å². The molecule has 0 spiro atoms. The summed E-state index contributed by atoms with van der Waals surface area (Å²) >= 11 is 0. The summed E-state index contributed by atoms with van der Waals surface area (Å²) < 4.78 is 13.3. The van der Waals surface area contributed by atoms with Crippen LogP contribution in [0.25, 0.3) is 0 Å². The fourth-order valence-corrected chi connectivity index (χ4v) is 1.98. The number of ether oxygens (including phenoxy) is 1. The molecular formula is C11H14N2O6. The van der Waals surface area contributed by atoms with Gasteiger partial charge in [0, 0.05) is 12.3 Å². The number of aromatic nitrogens is 2. The van der Waals surface area contributed by atoms with Crippen LogP contribution in [0.3, 0.4) is 0 Å². The van der Waals surface area contributed by atoms with E-state index in [0.29, 0.717) is 0 Å². The zero-order chi connectivity index (χ0) is 14.9. The third-order valence-corrected chi connectivity index (χ3v) is 3.11. The monoisotopic (exact) mass is 271 g/mol. The fraction of sp³-hybridized carbons (Fsp3) is 0.455. The van der Waals surface area contributed by atoms with Crippen molar-refractivity contribution in [1.82, 2.24) is 9.55 Å². The Morgan fingerprint density at radius 3 is 2.95 bits per heavy atom. The Kier molecular flexibility index (Phi) is 3.07. The summed E-state index contributed by atoms with van der Waals surface area (Å²) in [5.74, 6) is 0. The van der Waals surface area contributed by atoms with E-state index in [9.17, 15) is 24.9 Å². The lowest BCUT2D eigenvalue weighted by Crippen LogP contribution is -2.44. The summed E-state index contributed by atoms with van der Waals surface area (Å²) in [5.41, 5.74) is -3.11. The number of aromatic amines is 1. The largest absolute Gasteiger partial charge is 0.393 e. The number of H-pyrrole nitrogens is 1. The average Bonchev–Trinajstić information content (AvgIpc) is 2.65. The number of hydrogen-bond donors (Lipinski definition) is 4. The second kappa shape index (κ2) is 4.74. The van der Waals surface area contributed by atoms with Gasteiger partial charge in [-0.05, 0) is 0 Å². The van der Waals surface area contributed by atoms with Crippen molar-refractivity contribution in [3.63, 3.8) is 0 Å². The number of rotatable bonds is 3. The van der Waals surface area contributed by atoms with Gasteiger partial charge in [-0.1, -0.05) is 6.08 Å². The molecule has 0 unspecified atom stereocenters. The highest BCUT2D eigenvalue weighted by Gasteiger charge is 2.53. The summed E-state index contributed by atoms with van der Waals surface area (Å²) in [6.45, 7) is 0.124. The van der Waals surface area contributed by atoms with Crippen LogP contribution in [0.5, 0.6) is 0 Å². The molecule has 0 amide bonds. The third-order valence-electron chi connectivity index (χ3n) is 3.11. The Hall–Kier alpha value is -1.74. The molecular weight excluding hydrogens is 256 g/mol. The second-order valence-corrected chi connectivity index (χ2v) is 4.24. The number of hydrogen-bond acceptors (Lipinski definition) is 6. The maximum absolute atomic E-state index is 11.7. The standard InChI is InChI=1S/C11H14N2O6/c1-2-11(5-14)8(17)7(16)9(19-11)13-4-3-6(15)12-10(13)18/h2-4,7-9,14,16-17H,1,5H2,(H,12,15,18)/t7-,8+,9-,11-/m1/s1/i1D. The van der Waals surface area contributed by atoms with Gasteiger partial charge in [-0.25, -0.2) is 4.79 Å². The molecule has 8 heteroatoms. The van der Waals surface area contributed by atoms with Crippen molar-refractivity contribution in [1.29, 1.82) is 0 Å². The topological polar surface area (TPSA) is 125 Å². The van der Waals surface area contributed by atoms with Crippen LogP contribution in [0, 0.1) is 0 Å². The molecule has 1 aliphatic rings. The van der Waals surface area contributed by atoms with Crippen molar-refractivity contribution in [2.45, 2.75) is 24.0 Å². The molecule has 1 fully saturated rings. The zero-order valence-electron chi connectivity index (χ0n) is 10.8. The lowest BCUT2D eigenvalue weighted by molar-refractivity contribution is -0.0993. The van der Waals surface area contributed by atoms with E-state index >= 15 is 0 Å². The Labute approximate surface area is 108 Å². The van der Waals surface area contributed by atoms with Gasteiger partial charge in [0.2, 0.25) is 0 Å². The molecule has 4 N–H and O–H groups in total. The van der Waals surface area contributed by atoms with Crippen molar-refractivity contribution in [3.05, 3.63) is 45.7 Å². The lowest BCUT2D eigenvalue weighted by atomic mass is 9.96. The first-order chi connectivity index (χ1) is 9.45. The lowest BCUT2D eigenvalue weighted by Gasteiger charge is -2.25. The molecule has 0 radical (unpaired) electrons. The van der Waals surface area contributed by atoms with Crippen molar-refractivity contribution in [2.75, 3.05) is 6.61 Å². The van der Waals surface area contributed by atoms with E-state index in [-0.39, 0.29) is 0 Å². The Morgan fingerprint density at radius 1 is 1.63 bits per heavy atom. The molecule has 0 aromatic carbocycles. The minimum Gasteiger partial charge on any atom is -0.393 e. The predicted octanol–water partition coefficient (Wildman–Crippen LogP) is -2.30. The van der Waals surface area contributed by atoms with Crippen LogP contribution >= 0.6 is 0 Å². The number of aliphatic hydroxyl groups excluding tert-OH is 3. The Balaban J connectivity index is 2.45. The highest BCUT2D eigenvalue weighted by Crippen LogP contribution is 2.36. The average molecular weight is 271 g/mol. The van der Waals surface area contributed by atoms with Gasteiger partial charge in [-0.2, -0.15) is 0 Å². The molecule has 0 bridgehead atoms. The van der Waals surface area contributed by atoms with Gasteiger partial charge in [-0.15, -0.1) is 6.55 Å². The summed E-state index contributed by atoms with van der Waals surface area (Å²) in [6.07, 6.45) is -2.14. The number of nitrogens with zero attached hydrogens (tertiary/aromatic N) is 1. The molecule has 0 aliphatic carbocycles. The molecule has 2 heterocycles. The summed E-state index contributed by atoms with van der Waals surface area (Å²) in [4.78, 5) is 24.6. The molecule has 104 valence electrons. The van der Waals surface area contributed by atoms with Crippen LogP contribution in [0.1, 0.15) is 7.60 Å². The van der Waals surface area contributed by atoms with Crippen LogP contribution in [-0.2, 0) is 4.74 Å². The third kappa shape index (κ3) is 2.04. The van der Waals surface area contributed by atoms with Crippen molar-refractivity contribution >= 4 is 0 Å². The van der Waals surface area contributed by atoms with Crippen molar-refractivity contribution < 1.29 is 21.4 Å². The summed E-state index contributed by atoms with van der Waals surface area (Å²) in [7, 11) is 0. The first kappa shape index (κ1) is 12.3. The molecule has 1 aromatic heterocycles. The van der Waals surface area contributed by atoms with E-state index in [1.807, 2.05) is 4.98 Å². The van der Waals surface area contributed by atoms with E-state index in [1.165, 1.54) is 0 Å². The normalized spacial score (nSPS) is 35.7. The first-order valence-electron chi connectivity index (χ1n) is 6.05. The smallest absolute Gasteiger partial charge is 0.330 e. The highest BCUT2D eigenvalue weighted by atomic mass is 16.6. The van der Waals surface area contributed by atoms with Crippen LogP contribution in [-0.4, -0.2) is 49.3 Å². The van der Waals surface area contributed by atoms with E-state index in [0.717, 1.165) is 29.5 Å². The Morgan fingerprint density at radius 2 is 2.37 bits per heavy atom. The second-order valence-electron chi connectivity index (χ2n) is 4.24. The van der Waals surface area contributed by atoms with E-state index in [4.69, 9.17) is 6.11 Å². The summed E-state index contributed by atoms with van der Waals surface area (Å²) in [6, 6.07) is 1.06. The fourth-order valence-electron chi connectivity index (χ4n) is 1.98. The predicted molar refractivity (Wildman–Crippen MR) is 63.5 cm³/mol. The maximum Gasteiger partial charge on any atom is 0.330 e. The molecule has 4 atom stereocenters. The molecule has 0 saturated carbocycles. The minimum atomic E-state index is -1.68. The van der Waals surface area contributed by atoms with Crippen LogP contribution < -0.4 is 11.2 Å². The maximum atomic E-state index is 11.7. The first-order valence-corrected chi connectivity index (χ1v) is 5.47. The van der Waals surface area contributed by atoms with E-state index < -0.39 is 41.9 Å². The minimum absolute atomic E-state index is 0.612. The SMILES string of the molecule is [2H]C=C[C@]1(CO)O[C@@H](n2ccc(=O)[nH]c2=O)[C@H](O)[C@@H]1O. The molecule has 1 aliphatic heterocycles. The highest BCUT2D eigenvalue weighted by molar-refractivity contribution is 5.10. The quantitative estimate of drug-likeness (QED) is 0.458. The molecule has 2 rings (SSSR count). The molecule has 8 nitrogen and oxygen atoms in total. The van der Waals surface area contributed by atoms with Crippen molar-refractivity contribution in [2.24, 2.45) is 0 Å². The van der Waals surface area contributed by atoms with Crippen LogP contribution in [0.2, 0.25) is 0 Å². The Bertz CT molecular complexity index is 626. The van der Waals surface area contributed by atoms with Crippen LogP contribution in [0.15, 0.2) is 34.5 Å².